The molecule has 1 heterocycles. The van der Waals surface area contributed by atoms with E-state index in [0.717, 1.165) is 5.02 Å². The molecule has 2 unspecified atom stereocenters. The molecular weight excluding hydrogens is 206 g/mol. The fourth-order valence-electron chi connectivity index (χ4n) is 3.02. The maximum Gasteiger partial charge on any atom is 0.0410 e. The number of benzene rings is 1. The van der Waals surface area contributed by atoms with Crippen molar-refractivity contribution >= 4 is 17.3 Å². The lowest BCUT2D eigenvalue weighted by atomic mass is 9.91. The Morgan fingerprint density at radius 1 is 1.13 bits per heavy atom. The molecule has 2 heteroatoms. The predicted octanol–water partition coefficient (Wildman–Crippen LogP) is 4.18. The highest BCUT2D eigenvalue weighted by Gasteiger charge is 2.32. The summed E-state index contributed by atoms with van der Waals surface area (Å²) in [6.07, 6.45) is 6.78. The van der Waals surface area contributed by atoms with Gasteiger partial charge in [-0.15, -0.1) is 0 Å². The maximum atomic E-state index is 6.07. The second kappa shape index (κ2) is 3.71. The minimum Gasteiger partial charge on any atom is -0.381 e. The number of nitrogens with one attached hydrogen (secondary N) is 1. The van der Waals surface area contributed by atoms with Gasteiger partial charge in [0.05, 0.1) is 0 Å². The van der Waals surface area contributed by atoms with Gasteiger partial charge in [-0.1, -0.05) is 30.9 Å². The smallest absolute Gasteiger partial charge is 0.0410 e. The topological polar surface area (TPSA) is 12.0 Å². The summed E-state index contributed by atoms with van der Waals surface area (Å²) in [6.45, 7) is 0. The molecule has 2 atom stereocenters. The molecule has 0 radical (unpaired) electrons. The summed E-state index contributed by atoms with van der Waals surface area (Å²) in [4.78, 5) is 0. The van der Waals surface area contributed by atoms with E-state index < -0.39 is 0 Å². The summed E-state index contributed by atoms with van der Waals surface area (Å²) in [5, 5.41) is 4.52. The van der Waals surface area contributed by atoms with Gasteiger partial charge >= 0.3 is 0 Å². The number of fused-ring (bicyclic) bond motifs is 3. The van der Waals surface area contributed by atoms with Crippen molar-refractivity contribution in [2.75, 3.05) is 5.32 Å². The number of halogens is 1. The molecule has 3 rings (SSSR count). The van der Waals surface area contributed by atoms with Crippen LogP contribution in [0.15, 0.2) is 18.2 Å². The summed E-state index contributed by atoms with van der Waals surface area (Å²) in [6, 6.07) is 6.94. The SMILES string of the molecule is Clc1ccc2c(c1)C1CCCCCC1N2. The van der Waals surface area contributed by atoms with Gasteiger partial charge in [0, 0.05) is 22.7 Å². The third-order valence-electron chi connectivity index (χ3n) is 3.77. The average molecular weight is 222 g/mol. The summed E-state index contributed by atoms with van der Waals surface area (Å²) >= 11 is 6.07. The zero-order valence-electron chi connectivity index (χ0n) is 8.80. The lowest BCUT2D eigenvalue weighted by Crippen LogP contribution is -2.18. The fourth-order valence-corrected chi connectivity index (χ4v) is 3.20. The third-order valence-corrected chi connectivity index (χ3v) is 4.01. The first-order chi connectivity index (χ1) is 7.34. The van der Waals surface area contributed by atoms with Crippen LogP contribution in [0.3, 0.4) is 0 Å². The minimum absolute atomic E-state index is 0.668. The Bertz CT molecular complexity index is 375. The van der Waals surface area contributed by atoms with Gasteiger partial charge in [-0.05, 0) is 36.6 Å². The zero-order chi connectivity index (χ0) is 10.3. The molecule has 1 saturated carbocycles. The molecule has 2 aliphatic rings. The van der Waals surface area contributed by atoms with E-state index in [1.807, 2.05) is 6.07 Å². The maximum absolute atomic E-state index is 6.07. The van der Waals surface area contributed by atoms with Gasteiger partial charge in [0.15, 0.2) is 0 Å². The first-order valence-corrected chi connectivity index (χ1v) is 6.28. The Balaban J connectivity index is 1.98. The van der Waals surface area contributed by atoms with Gasteiger partial charge in [-0.3, -0.25) is 0 Å². The van der Waals surface area contributed by atoms with Crippen LogP contribution in [0.2, 0.25) is 5.02 Å². The second-order valence-electron chi connectivity index (χ2n) is 4.73. The lowest BCUT2D eigenvalue weighted by molar-refractivity contribution is 0.562. The highest BCUT2D eigenvalue weighted by Crippen LogP contribution is 2.43. The van der Waals surface area contributed by atoms with E-state index in [1.165, 1.54) is 43.4 Å². The first kappa shape index (κ1) is 9.53. The van der Waals surface area contributed by atoms with Crippen molar-refractivity contribution in [3.8, 4) is 0 Å². The van der Waals surface area contributed by atoms with E-state index in [4.69, 9.17) is 11.6 Å². The molecule has 1 N–H and O–H groups in total. The molecular formula is C13H16ClN. The van der Waals surface area contributed by atoms with Crippen LogP contribution >= 0.6 is 11.6 Å². The van der Waals surface area contributed by atoms with Crippen molar-refractivity contribution in [2.24, 2.45) is 0 Å². The molecule has 0 bridgehead atoms. The van der Waals surface area contributed by atoms with Crippen LogP contribution in [0.1, 0.15) is 43.6 Å². The first-order valence-electron chi connectivity index (χ1n) is 5.90. The van der Waals surface area contributed by atoms with E-state index >= 15 is 0 Å². The van der Waals surface area contributed by atoms with Gasteiger partial charge in [0.2, 0.25) is 0 Å². The third kappa shape index (κ3) is 1.63. The van der Waals surface area contributed by atoms with Crippen molar-refractivity contribution in [1.29, 1.82) is 0 Å². The van der Waals surface area contributed by atoms with Crippen LogP contribution in [0, 0.1) is 0 Å². The highest BCUT2D eigenvalue weighted by molar-refractivity contribution is 6.30. The van der Waals surface area contributed by atoms with Crippen molar-refractivity contribution in [3.05, 3.63) is 28.8 Å². The molecule has 0 amide bonds. The molecule has 1 aliphatic heterocycles. The molecule has 1 aromatic carbocycles. The minimum atomic E-state index is 0.668. The number of rotatable bonds is 0. The van der Waals surface area contributed by atoms with Crippen molar-refractivity contribution in [3.63, 3.8) is 0 Å². The van der Waals surface area contributed by atoms with Crippen LogP contribution in [0.4, 0.5) is 5.69 Å². The van der Waals surface area contributed by atoms with E-state index in [0.29, 0.717) is 12.0 Å². The molecule has 1 aliphatic carbocycles. The fraction of sp³-hybridized carbons (Fsp3) is 0.538. The molecule has 0 spiro atoms. The van der Waals surface area contributed by atoms with Crippen molar-refractivity contribution < 1.29 is 0 Å². The monoisotopic (exact) mass is 221 g/mol. The van der Waals surface area contributed by atoms with Gasteiger partial charge in [-0.2, -0.15) is 0 Å². The second-order valence-corrected chi connectivity index (χ2v) is 5.16. The molecule has 15 heavy (non-hydrogen) atoms. The summed E-state index contributed by atoms with van der Waals surface area (Å²) in [7, 11) is 0. The van der Waals surface area contributed by atoms with Crippen LogP contribution in [-0.2, 0) is 0 Å². The Kier molecular flexibility index (Phi) is 2.36. The van der Waals surface area contributed by atoms with Crippen molar-refractivity contribution in [1.82, 2.24) is 0 Å². The van der Waals surface area contributed by atoms with Crippen LogP contribution in [0.25, 0.3) is 0 Å². The van der Waals surface area contributed by atoms with Gasteiger partial charge < -0.3 is 5.32 Å². The average Bonchev–Trinajstić information content (AvgIpc) is 2.44. The van der Waals surface area contributed by atoms with E-state index in [1.54, 1.807) is 0 Å². The Hall–Kier alpha value is -0.690. The van der Waals surface area contributed by atoms with Crippen LogP contribution in [-0.4, -0.2) is 6.04 Å². The molecule has 1 fully saturated rings. The summed E-state index contributed by atoms with van der Waals surface area (Å²) in [5.41, 5.74) is 2.77. The Morgan fingerprint density at radius 3 is 2.93 bits per heavy atom. The highest BCUT2D eigenvalue weighted by atomic mass is 35.5. The number of hydrogen-bond donors (Lipinski definition) is 1. The van der Waals surface area contributed by atoms with E-state index in [-0.39, 0.29) is 0 Å². The van der Waals surface area contributed by atoms with Gasteiger partial charge in [0.1, 0.15) is 0 Å². The number of hydrogen-bond acceptors (Lipinski definition) is 1. The Labute approximate surface area is 95.8 Å². The zero-order valence-corrected chi connectivity index (χ0v) is 9.56. The predicted molar refractivity (Wildman–Crippen MR) is 64.7 cm³/mol. The molecule has 0 aromatic heterocycles. The quantitative estimate of drug-likeness (QED) is 0.693. The molecule has 1 aromatic rings. The largest absolute Gasteiger partial charge is 0.381 e. The molecule has 1 nitrogen and oxygen atoms in total. The summed E-state index contributed by atoms with van der Waals surface area (Å²) < 4.78 is 0. The van der Waals surface area contributed by atoms with E-state index in [2.05, 4.69) is 17.4 Å². The van der Waals surface area contributed by atoms with Gasteiger partial charge in [0.25, 0.3) is 0 Å². The Morgan fingerprint density at radius 2 is 2.00 bits per heavy atom. The summed E-state index contributed by atoms with van der Waals surface area (Å²) in [5.74, 6) is 0.709. The number of anilines is 1. The van der Waals surface area contributed by atoms with E-state index in [9.17, 15) is 0 Å². The standard InChI is InChI=1S/C13H16ClN/c14-9-6-7-13-11(8-9)10-4-2-1-3-5-12(10)15-13/h6-8,10,12,15H,1-5H2. The normalized spacial score (nSPS) is 28.9. The van der Waals surface area contributed by atoms with Crippen LogP contribution in [0.5, 0.6) is 0 Å². The van der Waals surface area contributed by atoms with Crippen molar-refractivity contribution in [2.45, 2.75) is 44.1 Å². The molecule has 0 saturated heterocycles. The van der Waals surface area contributed by atoms with Crippen LogP contribution < -0.4 is 5.32 Å². The lowest BCUT2D eigenvalue weighted by Gasteiger charge is -2.16. The molecule has 80 valence electrons. The van der Waals surface area contributed by atoms with Gasteiger partial charge in [-0.25, -0.2) is 0 Å².